The van der Waals surface area contributed by atoms with Gasteiger partial charge in [0.05, 0.1) is 18.0 Å². The van der Waals surface area contributed by atoms with Crippen LogP contribution in [-0.4, -0.2) is 42.4 Å². The third kappa shape index (κ3) is 4.44. The molecule has 0 aliphatic carbocycles. The first-order valence-corrected chi connectivity index (χ1v) is 8.83. The second-order valence-electron chi connectivity index (χ2n) is 5.25. The summed E-state index contributed by atoms with van der Waals surface area (Å²) in [6.07, 6.45) is 7.36. The number of benzene rings is 1. The number of terminal acetylenes is 1. The van der Waals surface area contributed by atoms with Crippen molar-refractivity contribution in [1.82, 2.24) is 19.2 Å². The van der Waals surface area contributed by atoms with Crippen molar-refractivity contribution >= 4 is 15.9 Å². The number of nitrogens with one attached hydrogen (secondary N) is 1. The van der Waals surface area contributed by atoms with E-state index in [-0.39, 0.29) is 29.4 Å². The number of amides is 1. The van der Waals surface area contributed by atoms with Crippen LogP contribution in [0.25, 0.3) is 0 Å². The van der Waals surface area contributed by atoms with Gasteiger partial charge in [0.25, 0.3) is 5.91 Å². The second-order valence-corrected chi connectivity index (χ2v) is 7.01. The first-order valence-electron chi connectivity index (χ1n) is 7.35. The lowest BCUT2D eigenvalue weighted by Gasteiger charge is -2.18. The van der Waals surface area contributed by atoms with E-state index in [0.717, 1.165) is 6.20 Å². The Bertz CT molecular complexity index is 935. The van der Waals surface area contributed by atoms with Gasteiger partial charge >= 0.3 is 6.55 Å². The molecule has 0 saturated heterocycles. The minimum atomic E-state index is -3.85. The number of nitrogens with zero attached hydrogens (tertiary/aromatic N) is 3. The number of rotatable bonds is 7. The largest absolute Gasteiger partial charge is 0.334 e. The number of hydrogen-bond acceptors (Lipinski definition) is 4. The number of carbonyl (C=O) groups excluding carboxylic acids is 1. The standard InChI is InChI=1S/C16H16F2N4O3S/c1-3-7-20-26(24,25)13-6-4-5-12(10-13)15(23)21(2)11-14-19-8-9-22(14)16(17)18/h1,4-6,8-10,16,20H,7,11H2,2H3. The van der Waals surface area contributed by atoms with E-state index < -0.39 is 22.5 Å². The van der Waals surface area contributed by atoms with Crippen LogP contribution in [-0.2, 0) is 16.6 Å². The van der Waals surface area contributed by atoms with Crippen LogP contribution >= 0.6 is 0 Å². The van der Waals surface area contributed by atoms with Gasteiger partial charge < -0.3 is 4.90 Å². The quantitative estimate of drug-likeness (QED) is 0.735. The lowest BCUT2D eigenvalue weighted by Crippen LogP contribution is -2.28. The number of halogens is 2. The summed E-state index contributed by atoms with van der Waals surface area (Å²) >= 11 is 0. The van der Waals surface area contributed by atoms with Crippen LogP contribution in [0.1, 0.15) is 22.7 Å². The van der Waals surface area contributed by atoms with Crippen LogP contribution in [0.5, 0.6) is 0 Å². The van der Waals surface area contributed by atoms with Gasteiger partial charge in [-0.15, -0.1) is 6.42 Å². The Hall–Kier alpha value is -2.77. The van der Waals surface area contributed by atoms with Crippen molar-refractivity contribution in [3.63, 3.8) is 0 Å². The lowest BCUT2D eigenvalue weighted by molar-refractivity contribution is 0.0612. The highest BCUT2D eigenvalue weighted by Crippen LogP contribution is 2.16. The molecule has 1 N–H and O–H groups in total. The maximum Gasteiger partial charge on any atom is 0.319 e. The van der Waals surface area contributed by atoms with E-state index in [0.29, 0.717) is 4.57 Å². The minimum absolute atomic E-state index is 0.00955. The molecule has 138 valence electrons. The smallest absolute Gasteiger partial charge is 0.319 e. The van der Waals surface area contributed by atoms with Crippen LogP contribution in [0, 0.1) is 12.3 Å². The van der Waals surface area contributed by atoms with Gasteiger partial charge in [-0.05, 0) is 18.2 Å². The summed E-state index contributed by atoms with van der Waals surface area (Å²) in [6.45, 7) is -3.12. The normalized spacial score (nSPS) is 11.3. The molecular weight excluding hydrogens is 366 g/mol. The Morgan fingerprint density at radius 3 is 2.85 bits per heavy atom. The Morgan fingerprint density at radius 2 is 2.19 bits per heavy atom. The molecule has 26 heavy (non-hydrogen) atoms. The van der Waals surface area contributed by atoms with Crippen molar-refractivity contribution in [3.8, 4) is 12.3 Å². The van der Waals surface area contributed by atoms with Gasteiger partial charge in [0, 0.05) is 25.0 Å². The molecule has 0 fully saturated rings. The Labute approximate surface area is 149 Å². The molecule has 0 aliphatic heterocycles. The van der Waals surface area contributed by atoms with E-state index >= 15 is 0 Å². The second kappa shape index (κ2) is 8.07. The van der Waals surface area contributed by atoms with Crippen molar-refractivity contribution in [2.75, 3.05) is 13.6 Å². The summed E-state index contributed by atoms with van der Waals surface area (Å²) in [5, 5.41) is 0. The van der Waals surface area contributed by atoms with E-state index in [1.54, 1.807) is 0 Å². The topological polar surface area (TPSA) is 84.3 Å². The number of alkyl halides is 2. The molecule has 0 aliphatic rings. The Balaban J connectivity index is 2.20. The molecule has 0 unspecified atom stereocenters. The van der Waals surface area contributed by atoms with Gasteiger partial charge in [0.2, 0.25) is 10.0 Å². The summed E-state index contributed by atoms with van der Waals surface area (Å²) in [7, 11) is -2.44. The molecule has 1 heterocycles. The maximum atomic E-state index is 12.9. The number of carbonyl (C=O) groups is 1. The number of sulfonamides is 1. The Morgan fingerprint density at radius 1 is 1.46 bits per heavy atom. The molecule has 0 atom stereocenters. The summed E-state index contributed by atoms with van der Waals surface area (Å²) in [4.78, 5) is 17.4. The molecule has 1 aromatic carbocycles. The molecule has 1 aromatic heterocycles. The number of imidazole rings is 1. The highest BCUT2D eigenvalue weighted by molar-refractivity contribution is 7.89. The van der Waals surface area contributed by atoms with Crippen LogP contribution < -0.4 is 4.72 Å². The van der Waals surface area contributed by atoms with Crippen molar-refractivity contribution < 1.29 is 22.0 Å². The third-order valence-corrected chi connectivity index (χ3v) is 4.84. The first kappa shape index (κ1) is 19.6. The predicted octanol–water partition coefficient (Wildman–Crippen LogP) is 1.46. The van der Waals surface area contributed by atoms with Crippen LogP contribution in [0.3, 0.4) is 0 Å². The summed E-state index contributed by atoms with van der Waals surface area (Å²) in [5.74, 6) is 1.62. The van der Waals surface area contributed by atoms with E-state index in [2.05, 4.69) is 15.6 Å². The summed E-state index contributed by atoms with van der Waals surface area (Å²) in [6, 6.07) is 5.35. The van der Waals surface area contributed by atoms with Crippen LogP contribution in [0.15, 0.2) is 41.6 Å². The highest BCUT2D eigenvalue weighted by atomic mass is 32.2. The van der Waals surface area contributed by atoms with Crippen molar-refractivity contribution in [1.29, 1.82) is 0 Å². The van der Waals surface area contributed by atoms with E-state index in [1.165, 1.54) is 42.4 Å². The zero-order valence-electron chi connectivity index (χ0n) is 13.8. The minimum Gasteiger partial charge on any atom is -0.334 e. The monoisotopic (exact) mass is 382 g/mol. The number of aromatic nitrogens is 2. The number of hydrogen-bond donors (Lipinski definition) is 1. The van der Waals surface area contributed by atoms with Gasteiger partial charge in [0.15, 0.2) is 0 Å². The molecule has 0 spiro atoms. The van der Waals surface area contributed by atoms with Crippen LogP contribution in [0.2, 0.25) is 0 Å². The fraction of sp³-hybridized carbons (Fsp3) is 0.250. The van der Waals surface area contributed by atoms with Gasteiger partial charge in [-0.3, -0.25) is 9.36 Å². The van der Waals surface area contributed by atoms with Gasteiger partial charge in [0.1, 0.15) is 5.82 Å². The van der Waals surface area contributed by atoms with Crippen molar-refractivity contribution in [2.45, 2.75) is 18.0 Å². The lowest BCUT2D eigenvalue weighted by atomic mass is 10.2. The molecule has 0 saturated carbocycles. The maximum absolute atomic E-state index is 12.9. The van der Waals surface area contributed by atoms with Crippen molar-refractivity contribution in [3.05, 3.63) is 48.0 Å². The highest BCUT2D eigenvalue weighted by Gasteiger charge is 2.20. The first-order chi connectivity index (χ1) is 12.3. The van der Waals surface area contributed by atoms with Crippen LogP contribution in [0.4, 0.5) is 8.78 Å². The van der Waals surface area contributed by atoms with Gasteiger partial charge in [-0.1, -0.05) is 12.0 Å². The molecule has 2 rings (SSSR count). The third-order valence-electron chi connectivity index (χ3n) is 3.44. The average Bonchev–Trinajstić information content (AvgIpc) is 3.07. The van der Waals surface area contributed by atoms with Gasteiger partial charge in [-0.25, -0.2) is 13.4 Å². The summed E-state index contributed by atoms with van der Waals surface area (Å²) < 4.78 is 52.7. The fourth-order valence-electron chi connectivity index (χ4n) is 2.16. The summed E-state index contributed by atoms with van der Waals surface area (Å²) in [5.41, 5.74) is 0.0891. The molecule has 7 nitrogen and oxygen atoms in total. The van der Waals surface area contributed by atoms with Gasteiger partial charge in [-0.2, -0.15) is 13.5 Å². The van der Waals surface area contributed by atoms with E-state index in [9.17, 15) is 22.0 Å². The molecule has 0 radical (unpaired) electrons. The molecule has 1 amide bonds. The fourth-order valence-corrected chi connectivity index (χ4v) is 3.14. The average molecular weight is 382 g/mol. The molecule has 2 aromatic rings. The molecule has 0 bridgehead atoms. The Kier molecular flexibility index (Phi) is 6.07. The zero-order chi connectivity index (χ0) is 19.3. The van der Waals surface area contributed by atoms with Crippen molar-refractivity contribution in [2.24, 2.45) is 0 Å². The molecule has 10 heteroatoms. The zero-order valence-corrected chi connectivity index (χ0v) is 14.6. The SMILES string of the molecule is C#CCNS(=O)(=O)c1cccc(C(=O)N(C)Cc2nccn2C(F)F)c1. The van der Waals surface area contributed by atoms with E-state index in [4.69, 9.17) is 6.42 Å². The molecular formula is C16H16F2N4O3S. The van der Waals surface area contributed by atoms with E-state index in [1.807, 2.05) is 0 Å². The predicted molar refractivity (Wildman–Crippen MR) is 89.7 cm³/mol.